The van der Waals surface area contributed by atoms with E-state index >= 15 is 0 Å². The van der Waals surface area contributed by atoms with E-state index < -0.39 is 55.6 Å². The Hall–Kier alpha value is -0.850. The van der Waals surface area contributed by atoms with Gasteiger partial charge in [0.2, 0.25) is 5.91 Å². The number of hydrogen-bond acceptors (Lipinski definition) is 9. The molecule has 10 heteroatoms. The second kappa shape index (κ2) is 52.2. The Balaban J connectivity index is 2.09. The summed E-state index contributed by atoms with van der Waals surface area (Å²) >= 11 is 0. The lowest BCUT2D eigenvalue weighted by molar-refractivity contribution is -0.303. The molecule has 0 aromatic carbocycles. The summed E-state index contributed by atoms with van der Waals surface area (Å²) in [4.78, 5) is 13.1. The minimum Gasteiger partial charge on any atom is -0.394 e. The monoisotopic (exact) mass is 1030 g/mol. The summed E-state index contributed by atoms with van der Waals surface area (Å²) in [5, 5.41) is 65.5. The molecule has 1 fully saturated rings. The maximum Gasteiger partial charge on any atom is 0.220 e. The van der Waals surface area contributed by atoms with Gasteiger partial charge in [-0.1, -0.05) is 309 Å². The van der Waals surface area contributed by atoms with Crippen LogP contribution in [0.5, 0.6) is 0 Å². The van der Waals surface area contributed by atoms with Crippen molar-refractivity contribution in [2.24, 2.45) is 0 Å². The van der Waals surface area contributed by atoms with E-state index in [1.165, 1.54) is 263 Å². The molecular weight excluding hydrogens is 903 g/mol. The molecule has 0 aliphatic carbocycles. The summed E-state index contributed by atoms with van der Waals surface area (Å²) in [6.45, 7) is 3.65. The zero-order valence-electron chi connectivity index (χ0n) is 47.6. The highest BCUT2D eigenvalue weighted by Gasteiger charge is 2.44. The number of aliphatic hydroxyl groups excluding tert-OH is 6. The number of carbonyl (C=O) groups is 1. The fraction of sp³-hybridized carbons (Fsp3) is 0.984. The van der Waals surface area contributed by atoms with Crippen molar-refractivity contribution < 1.29 is 44.9 Å². The normalized spacial score (nSPS) is 19.5. The van der Waals surface area contributed by atoms with Crippen molar-refractivity contribution in [3.05, 3.63) is 0 Å². The Labute approximate surface area is 445 Å². The van der Waals surface area contributed by atoms with Gasteiger partial charge in [0.15, 0.2) is 6.29 Å². The Morgan fingerprint density at radius 1 is 0.431 bits per heavy atom. The van der Waals surface area contributed by atoms with Crippen LogP contribution < -0.4 is 5.32 Å². The summed E-state index contributed by atoms with van der Waals surface area (Å²) in [6, 6.07) is -0.986. The highest BCUT2D eigenvalue weighted by atomic mass is 16.7. The minimum atomic E-state index is -1.60. The van der Waals surface area contributed by atoms with Gasteiger partial charge in [-0.3, -0.25) is 4.79 Å². The third kappa shape index (κ3) is 40.4. The van der Waals surface area contributed by atoms with Gasteiger partial charge < -0.3 is 45.4 Å². The van der Waals surface area contributed by atoms with Gasteiger partial charge in [0.1, 0.15) is 30.5 Å². The van der Waals surface area contributed by atoms with Crippen molar-refractivity contribution in [2.45, 2.75) is 377 Å². The number of hydrogen-bond donors (Lipinski definition) is 7. The van der Waals surface area contributed by atoms with Crippen molar-refractivity contribution in [1.82, 2.24) is 5.32 Å². The van der Waals surface area contributed by atoms with E-state index in [2.05, 4.69) is 19.2 Å². The summed E-state index contributed by atoms with van der Waals surface area (Å²) < 4.78 is 11.2. The van der Waals surface area contributed by atoms with Gasteiger partial charge in [0.05, 0.1) is 25.4 Å². The van der Waals surface area contributed by atoms with Crippen LogP contribution in [0.3, 0.4) is 0 Å². The molecule has 1 heterocycles. The molecule has 7 N–H and O–H groups in total. The van der Waals surface area contributed by atoms with E-state index in [0.29, 0.717) is 6.42 Å². The molecule has 72 heavy (non-hydrogen) atoms. The molecule has 0 aromatic rings. The van der Waals surface area contributed by atoms with Crippen LogP contribution in [0.2, 0.25) is 0 Å². The molecule has 2 unspecified atom stereocenters. The third-order valence-corrected chi connectivity index (χ3v) is 15.8. The van der Waals surface area contributed by atoms with Crippen molar-refractivity contribution in [3.8, 4) is 0 Å². The van der Waals surface area contributed by atoms with E-state index in [1.54, 1.807) is 0 Å². The largest absolute Gasteiger partial charge is 0.394 e. The molecule has 1 aliphatic heterocycles. The first-order valence-corrected chi connectivity index (χ1v) is 31.8. The van der Waals surface area contributed by atoms with Crippen LogP contribution in [0.4, 0.5) is 0 Å². The lowest BCUT2D eigenvalue weighted by Crippen LogP contribution is -2.60. The SMILES string of the molecule is CCCCCCCCCCCCCCCCCCCCCCCCCCCCCCCCCCCCC(=O)N[C@@H](CO[C@@H]1O[C@H](CO)[C@H](O)C(O)C1O)[C@H](O)[C@H](O)CCCCCCCCCCCCCCC. The average Bonchev–Trinajstić information content (AvgIpc) is 3.38. The van der Waals surface area contributed by atoms with Gasteiger partial charge in [-0.05, 0) is 12.8 Å². The molecule has 0 bridgehead atoms. The Kier molecular flexibility index (Phi) is 50.2. The first kappa shape index (κ1) is 69.2. The molecule has 0 spiro atoms. The Morgan fingerprint density at radius 2 is 0.722 bits per heavy atom. The van der Waals surface area contributed by atoms with E-state index in [0.717, 1.165) is 38.5 Å². The number of nitrogens with one attached hydrogen (secondary N) is 1. The number of carbonyl (C=O) groups excluding carboxylic acids is 1. The average molecular weight is 1030 g/mol. The van der Waals surface area contributed by atoms with Crippen LogP contribution in [-0.2, 0) is 14.3 Å². The molecule has 0 aromatic heterocycles. The van der Waals surface area contributed by atoms with Crippen LogP contribution in [0.1, 0.15) is 328 Å². The number of rotatable bonds is 56. The first-order valence-electron chi connectivity index (χ1n) is 31.8. The van der Waals surface area contributed by atoms with Crippen LogP contribution in [-0.4, -0.2) is 98.7 Å². The molecule has 1 saturated heterocycles. The molecule has 0 radical (unpaired) electrons. The number of aliphatic hydroxyl groups is 6. The standard InChI is InChI=1S/C62H123NO9/c1-3-5-7-9-11-13-15-17-18-19-20-21-22-23-24-25-26-27-28-29-30-31-32-33-34-35-36-37-39-41-43-45-47-49-51-57(66)63-54(53-71-62-61(70)60(69)59(68)56(52-64)72-62)58(67)55(65)50-48-46-44-42-40-38-16-14-12-10-8-6-4-2/h54-56,58-62,64-65,67-70H,3-53H2,1-2H3,(H,63,66)/t54-,55+,56+,58-,59-,60?,61?,62+/m0/s1. The number of unbranched alkanes of at least 4 members (excludes halogenated alkanes) is 45. The first-order chi connectivity index (χ1) is 35.3. The van der Waals surface area contributed by atoms with Gasteiger partial charge in [-0.25, -0.2) is 0 Å². The zero-order chi connectivity index (χ0) is 52.4. The number of ether oxygens (including phenoxy) is 2. The van der Waals surface area contributed by atoms with Crippen molar-refractivity contribution in [2.75, 3.05) is 13.2 Å². The van der Waals surface area contributed by atoms with Crippen LogP contribution in [0.25, 0.3) is 0 Å². The summed E-state index contributed by atoms with van der Waals surface area (Å²) in [5.74, 6) is -0.250. The predicted molar refractivity (Wildman–Crippen MR) is 301 cm³/mol. The lowest BCUT2D eigenvalue weighted by Gasteiger charge is -2.40. The third-order valence-electron chi connectivity index (χ3n) is 15.8. The van der Waals surface area contributed by atoms with E-state index in [4.69, 9.17) is 9.47 Å². The van der Waals surface area contributed by atoms with E-state index in [1.807, 2.05) is 0 Å². The van der Waals surface area contributed by atoms with Crippen LogP contribution in [0, 0.1) is 0 Å². The van der Waals surface area contributed by atoms with Crippen molar-refractivity contribution in [1.29, 1.82) is 0 Å². The second-order valence-electron chi connectivity index (χ2n) is 22.7. The zero-order valence-corrected chi connectivity index (χ0v) is 47.6. The molecule has 8 atom stereocenters. The smallest absolute Gasteiger partial charge is 0.220 e. The van der Waals surface area contributed by atoms with Gasteiger partial charge in [0.25, 0.3) is 0 Å². The molecule has 430 valence electrons. The molecular formula is C62H123NO9. The van der Waals surface area contributed by atoms with Gasteiger partial charge in [-0.2, -0.15) is 0 Å². The van der Waals surface area contributed by atoms with Crippen molar-refractivity contribution >= 4 is 5.91 Å². The molecule has 10 nitrogen and oxygen atoms in total. The predicted octanol–water partition coefficient (Wildman–Crippen LogP) is 15.2. The van der Waals surface area contributed by atoms with Crippen molar-refractivity contribution in [3.63, 3.8) is 0 Å². The van der Waals surface area contributed by atoms with Gasteiger partial charge >= 0.3 is 0 Å². The van der Waals surface area contributed by atoms with Crippen LogP contribution in [0.15, 0.2) is 0 Å². The topological polar surface area (TPSA) is 169 Å². The van der Waals surface area contributed by atoms with Crippen LogP contribution >= 0.6 is 0 Å². The fourth-order valence-electron chi connectivity index (χ4n) is 10.7. The molecule has 1 rings (SSSR count). The summed E-state index contributed by atoms with van der Waals surface area (Å²) in [5.41, 5.74) is 0. The maximum atomic E-state index is 13.1. The lowest BCUT2D eigenvalue weighted by atomic mass is 9.98. The Morgan fingerprint density at radius 3 is 1.03 bits per heavy atom. The fourth-order valence-corrected chi connectivity index (χ4v) is 10.7. The van der Waals surface area contributed by atoms with E-state index in [-0.39, 0.29) is 18.9 Å². The molecule has 1 amide bonds. The van der Waals surface area contributed by atoms with Gasteiger partial charge in [-0.15, -0.1) is 0 Å². The second-order valence-corrected chi connectivity index (χ2v) is 22.7. The van der Waals surface area contributed by atoms with Gasteiger partial charge in [0, 0.05) is 6.42 Å². The van der Waals surface area contributed by atoms with E-state index in [9.17, 15) is 35.4 Å². The summed E-state index contributed by atoms with van der Waals surface area (Å²) in [6.07, 6.45) is 53.1. The highest BCUT2D eigenvalue weighted by molar-refractivity contribution is 5.76. The molecule has 0 saturated carbocycles. The quantitative estimate of drug-likeness (QED) is 0.0293. The maximum absolute atomic E-state index is 13.1. The number of amides is 1. The molecule has 1 aliphatic rings. The summed E-state index contributed by atoms with van der Waals surface area (Å²) in [7, 11) is 0. The Bertz CT molecular complexity index is 1110. The minimum absolute atomic E-state index is 0.250. The highest BCUT2D eigenvalue weighted by Crippen LogP contribution is 2.24.